The van der Waals surface area contributed by atoms with Gasteiger partial charge in [0.2, 0.25) is 5.89 Å². The highest BCUT2D eigenvalue weighted by Crippen LogP contribution is 2.21. The Balaban J connectivity index is 1.52. The highest BCUT2D eigenvalue weighted by atomic mass is 16.5. The van der Waals surface area contributed by atoms with Crippen molar-refractivity contribution < 1.29 is 23.4 Å². The Morgan fingerprint density at radius 1 is 1.04 bits per heavy atom. The summed E-state index contributed by atoms with van der Waals surface area (Å²) < 4.78 is 21.1. The van der Waals surface area contributed by atoms with Gasteiger partial charge in [-0.15, -0.1) is 10.2 Å². The predicted octanol–water partition coefficient (Wildman–Crippen LogP) is 3.90. The molecule has 7 heteroatoms. The summed E-state index contributed by atoms with van der Waals surface area (Å²) in [7, 11) is 1.60. The Bertz CT molecular complexity index is 930. The highest BCUT2D eigenvalue weighted by Gasteiger charge is 2.10. The van der Waals surface area contributed by atoms with Gasteiger partial charge in [-0.3, -0.25) is 0 Å². The summed E-state index contributed by atoms with van der Waals surface area (Å²) in [5.74, 6) is 1.58. The zero-order valence-electron chi connectivity index (χ0n) is 15.6. The molecule has 0 saturated carbocycles. The number of hydrogen-bond donors (Lipinski definition) is 0. The van der Waals surface area contributed by atoms with Gasteiger partial charge in [-0.2, -0.15) is 0 Å². The molecule has 3 rings (SSSR count). The predicted molar refractivity (Wildman–Crippen MR) is 103 cm³/mol. The summed E-state index contributed by atoms with van der Waals surface area (Å²) in [5, 5.41) is 7.85. The van der Waals surface area contributed by atoms with Crippen LogP contribution in [0.15, 0.2) is 59.0 Å². The summed E-state index contributed by atoms with van der Waals surface area (Å²) in [4.78, 5) is 11.9. The van der Waals surface area contributed by atoms with Crippen LogP contribution >= 0.6 is 0 Å². The third-order valence-electron chi connectivity index (χ3n) is 3.74. The van der Waals surface area contributed by atoms with E-state index in [-0.39, 0.29) is 12.5 Å². The lowest BCUT2D eigenvalue weighted by molar-refractivity contribution is -0.139. The molecule has 0 amide bonds. The van der Waals surface area contributed by atoms with Gasteiger partial charge in [0.25, 0.3) is 5.89 Å². The zero-order valence-corrected chi connectivity index (χ0v) is 15.6. The van der Waals surface area contributed by atoms with Crippen LogP contribution in [-0.4, -0.2) is 29.9 Å². The van der Waals surface area contributed by atoms with Crippen molar-refractivity contribution in [2.45, 2.75) is 13.5 Å². The Morgan fingerprint density at radius 2 is 1.75 bits per heavy atom. The van der Waals surface area contributed by atoms with Crippen LogP contribution in [0.1, 0.15) is 18.4 Å². The average molecular weight is 380 g/mol. The van der Waals surface area contributed by atoms with Crippen molar-refractivity contribution in [3.8, 4) is 23.0 Å². The van der Waals surface area contributed by atoms with Crippen molar-refractivity contribution in [1.29, 1.82) is 0 Å². The minimum absolute atomic E-state index is 0.102. The minimum Gasteiger partial charge on any atom is -0.497 e. The molecule has 0 radical (unpaired) electrons. The van der Waals surface area contributed by atoms with Gasteiger partial charge in [0.1, 0.15) is 11.5 Å². The van der Waals surface area contributed by atoms with Gasteiger partial charge in [0, 0.05) is 11.6 Å². The molecular formula is C21H20N2O5. The van der Waals surface area contributed by atoms with Gasteiger partial charge in [0.05, 0.1) is 13.7 Å². The fourth-order valence-corrected chi connectivity index (χ4v) is 2.35. The van der Waals surface area contributed by atoms with Crippen LogP contribution in [-0.2, 0) is 16.1 Å². The van der Waals surface area contributed by atoms with E-state index in [4.69, 9.17) is 18.6 Å². The Morgan fingerprint density at radius 3 is 2.43 bits per heavy atom. The second-order valence-electron chi connectivity index (χ2n) is 5.67. The monoisotopic (exact) mass is 380 g/mol. The molecule has 0 bridgehead atoms. The first-order valence-corrected chi connectivity index (χ1v) is 8.72. The maximum absolute atomic E-state index is 11.9. The number of benzene rings is 2. The summed E-state index contributed by atoms with van der Waals surface area (Å²) in [5.41, 5.74) is 1.61. The van der Waals surface area contributed by atoms with Crippen LogP contribution in [0.25, 0.3) is 17.5 Å². The summed E-state index contributed by atoms with van der Waals surface area (Å²) in [6.07, 6.45) is 3.01. The first-order chi connectivity index (χ1) is 13.7. The summed E-state index contributed by atoms with van der Waals surface area (Å²) in [6, 6.07) is 14.6. The fraction of sp³-hybridized carbons (Fsp3) is 0.190. The molecule has 0 aliphatic carbocycles. The average Bonchev–Trinajstić information content (AvgIpc) is 3.21. The molecule has 0 unspecified atom stereocenters. The standard InChI is InChI=1S/C21H20N2O5/c1-3-26-18-9-4-15(5-10-18)6-13-20(24)27-14-19-22-23-21(28-19)16-7-11-17(25-2)12-8-16/h4-13H,3,14H2,1-2H3/b13-6+. The number of ether oxygens (including phenoxy) is 3. The van der Waals surface area contributed by atoms with Crippen molar-refractivity contribution in [3.63, 3.8) is 0 Å². The van der Waals surface area contributed by atoms with Crippen LogP contribution in [0, 0.1) is 0 Å². The normalized spacial score (nSPS) is 10.8. The molecule has 0 aliphatic rings. The van der Waals surface area contributed by atoms with Gasteiger partial charge in [-0.05, 0) is 55.0 Å². The lowest BCUT2D eigenvalue weighted by atomic mass is 10.2. The van der Waals surface area contributed by atoms with Crippen molar-refractivity contribution in [3.05, 3.63) is 66.1 Å². The molecule has 0 atom stereocenters. The van der Waals surface area contributed by atoms with Crippen LogP contribution in [0.2, 0.25) is 0 Å². The molecule has 0 N–H and O–H groups in total. The van der Waals surface area contributed by atoms with E-state index >= 15 is 0 Å². The molecule has 0 aliphatic heterocycles. The summed E-state index contributed by atoms with van der Waals surface area (Å²) in [6.45, 7) is 2.43. The number of methoxy groups -OCH3 is 1. The number of carbonyl (C=O) groups is 1. The second kappa shape index (κ2) is 9.36. The highest BCUT2D eigenvalue weighted by molar-refractivity contribution is 5.87. The maximum Gasteiger partial charge on any atom is 0.331 e. The third kappa shape index (κ3) is 5.20. The van der Waals surface area contributed by atoms with Crippen molar-refractivity contribution in [1.82, 2.24) is 10.2 Å². The second-order valence-corrected chi connectivity index (χ2v) is 5.67. The zero-order chi connectivity index (χ0) is 19.8. The van der Waals surface area contributed by atoms with E-state index in [2.05, 4.69) is 10.2 Å². The molecular weight excluding hydrogens is 360 g/mol. The minimum atomic E-state index is -0.502. The van der Waals surface area contributed by atoms with Crippen molar-refractivity contribution in [2.24, 2.45) is 0 Å². The quantitative estimate of drug-likeness (QED) is 0.433. The number of aromatic nitrogens is 2. The first kappa shape index (κ1) is 19.2. The molecule has 3 aromatic rings. The van der Waals surface area contributed by atoms with Crippen molar-refractivity contribution in [2.75, 3.05) is 13.7 Å². The van der Waals surface area contributed by atoms with Crippen LogP contribution in [0.3, 0.4) is 0 Å². The van der Waals surface area contributed by atoms with Crippen molar-refractivity contribution >= 4 is 12.0 Å². The number of rotatable bonds is 8. The van der Waals surface area contributed by atoms with Gasteiger partial charge in [-0.25, -0.2) is 4.79 Å². The maximum atomic E-state index is 11.9. The molecule has 1 heterocycles. The van der Waals surface area contributed by atoms with Crippen LogP contribution in [0.5, 0.6) is 11.5 Å². The van der Waals surface area contributed by atoms with Gasteiger partial charge in [-0.1, -0.05) is 12.1 Å². The first-order valence-electron chi connectivity index (χ1n) is 8.72. The number of esters is 1. The van der Waals surface area contributed by atoms with Gasteiger partial charge in [0.15, 0.2) is 6.61 Å². The Labute approximate surface area is 162 Å². The van der Waals surface area contributed by atoms with Gasteiger partial charge < -0.3 is 18.6 Å². The fourth-order valence-electron chi connectivity index (χ4n) is 2.35. The van der Waals surface area contributed by atoms with E-state index in [1.54, 1.807) is 25.3 Å². The molecule has 1 aromatic heterocycles. The topological polar surface area (TPSA) is 83.7 Å². The smallest absolute Gasteiger partial charge is 0.331 e. The SMILES string of the molecule is CCOc1ccc(/C=C/C(=O)OCc2nnc(-c3ccc(OC)cc3)o2)cc1. The molecule has 0 spiro atoms. The van der Waals surface area contributed by atoms with E-state index in [0.29, 0.717) is 12.5 Å². The summed E-state index contributed by atoms with van der Waals surface area (Å²) >= 11 is 0. The van der Waals surface area contributed by atoms with Crippen LogP contribution in [0.4, 0.5) is 0 Å². The van der Waals surface area contributed by atoms with Crippen LogP contribution < -0.4 is 9.47 Å². The largest absolute Gasteiger partial charge is 0.497 e. The Hall–Kier alpha value is -3.61. The molecule has 2 aromatic carbocycles. The van der Waals surface area contributed by atoms with E-state index < -0.39 is 5.97 Å². The third-order valence-corrected chi connectivity index (χ3v) is 3.74. The lowest BCUT2D eigenvalue weighted by Crippen LogP contribution is -2.00. The van der Waals surface area contributed by atoms with E-state index in [9.17, 15) is 4.79 Å². The number of nitrogens with zero attached hydrogens (tertiary/aromatic N) is 2. The lowest BCUT2D eigenvalue weighted by Gasteiger charge is -2.02. The molecule has 0 fully saturated rings. The molecule has 0 saturated heterocycles. The number of carbonyl (C=O) groups excluding carboxylic acids is 1. The molecule has 144 valence electrons. The van der Waals surface area contributed by atoms with E-state index in [1.165, 1.54) is 6.08 Å². The molecule has 7 nitrogen and oxygen atoms in total. The molecule has 28 heavy (non-hydrogen) atoms. The number of hydrogen-bond acceptors (Lipinski definition) is 7. The van der Waals surface area contributed by atoms with E-state index in [1.807, 2.05) is 43.3 Å². The van der Waals surface area contributed by atoms with Gasteiger partial charge >= 0.3 is 5.97 Å². The van der Waals surface area contributed by atoms with E-state index in [0.717, 1.165) is 22.6 Å². The Kier molecular flexibility index (Phi) is 6.41.